The van der Waals surface area contributed by atoms with Gasteiger partial charge in [-0.25, -0.2) is 0 Å². The fraction of sp³-hybridized carbons (Fsp3) is 0.355. The second-order valence-corrected chi connectivity index (χ2v) is 10.2. The van der Waals surface area contributed by atoms with Crippen molar-refractivity contribution in [2.75, 3.05) is 20.0 Å². The number of thioether (sulfide) groups is 1. The Morgan fingerprint density at radius 3 is 2.21 bits per heavy atom. The van der Waals surface area contributed by atoms with Crippen LogP contribution in [0.1, 0.15) is 37.0 Å². The largest absolute Gasteiger partial charge is 0.497 e. The van der Waals surface area contributed by atoms with E-state index in [0.717, 1.165) is 28.9 Å². The highest BCUT2D eigenvalue weighted by Gasteiger charge is 2.31. The second-order valence-electron chi connectivity index (χ2n) is 9.24. The van der Waals surface area contributed by atoms with Crippen LogP contribution in [0, 0.1) is 0 Å². The predicted molar refractivity (Wildman–Crippen MR) is 155 cm³/mol. The molecule has 2 atom stereocenters. The maximum Gasteiger partial charge on any atom is 0.243 e. The quantitative estimate of drug-likeness (QED) is 0.296. The molecule has 38 heavy (non-hydrogen) atoms. The number of nitrogens with zero attached hydrogens (tertiary/aromatic N) is 1. The molecule has 1 N–H and O–H groups in total. The molecule has 0 saturated carbocycles. The molecule has 6 nitrogen and oxygen atoms in total. The zero-order valence-corrected chi connectivity index (χ0v) is 23.5. The predicted octanol–water partition coefficient (Wildman–Crippen LogP) is 5.49. The van der Waals surface area contributed by atoms with E-state index in [1.165, 1.54) is 11.8 Å². The number of hydrogen-bond acceptors (Lipinski definition) is 5. The molecule has 202 valence electrons. The number of nitrogens with one attached hydrogen (secondary N) is 1. The van der Waals surface area contributed by atoms with Crippen LogP contribution in [0.3, 0.4) is 0 Å². The highest BCUT2D eigenvalue weighted by molar-refractivity contribution is 7.99. The molecule has 0 bridgehead atoms. The summed E-state index contributed by atoms with van der Waals surface area (Å²) < 4.78 is 10.6. The van der Waals surface area contributed by atoms with Gasteiger partial charge in [0.05, 0.1) is 20.0 Å². The molecule has 0 heterocycles. The van der Waals surface area contributed by atoms with E-state index in [1.54, 1.807) is 19.1 Å². The molecule has 7 heteroatoms. The van der Waals surface area contributed by atoms with Gasteiger partial charge in [-0.3, -0.25) is 9.59 Å². The van der Waals surface area contributed by atoms with Gasteiger partial charge in [0, 0.05) is 24.8 Å². The third kappa shape index (κ3) is 8.84. The highest BCUT2D eigenvalue weighted by Crippen LogP contribution is 2.21. The summed E-state index contributed by atoms with van der Waals surface area (Å²) in [6.45, 7) is 4.33. The first-order valence-corrected chi connectivity index (χ1v) is 14.1. The molecule has 0 aromatic heterocycles. The van der Waals surface area contributed by atoms with Gasteiger partial charge in [-0.15, -0.1) is 11.8 Å². The van der Waals surface area contributed by atoms with Gasteiger partial charge < -0.3 is 19.7 Å². The van der Waals surface area contributed by atoms with E-state index < -0.39 is 6.04 Å². The molecule has 0 fully saturated rings. The summed E-state index contributed by atoms with van der Waals surface area (Å²) in [5.74, 6) is 2.25. The fourth-order valence-corrected chi connectivity index (χ4v) is 4.89. The summed E-state index contributed by atoms with van der Waals surface area (Å²) in [6.07, 6.45) is 1.24. The topological polar surface area (TPSA) is 67.9 Å². The molecule has 0 aliphatic rings. The first-order valence-electron chi connectivity index (χ1n) is 12.9. The van der Waals surface area contributed by atoms with Gasteiger partial charge in [-0.2, -0.15) is 0 Å². The highest BCUT2D eigenvalue weighted by atomic mass is 32.2. The van der Waals surface area contributed by atoms with Crippen LogP contribution in [0.15, 0.2) is 78.9 Å². The fourth-order valence-electron chi connectivity index (χ4n) is 4.02. The zero-order valence-electron chi connectivity index (χ0n) is 22.7. The molecule has 0 aliphatic carbocycles. The maximum atomic E-state index is 13.8. The average Bonchev–Trinajstić information content (AvgIpc) is 2.95. The van der Waals surface area contributed by atoms with Gasteiger partial charge in [0.2, 0.25) is 11.8 Å². The van der Waals surface area contributed by atoms with Crippen LogP contribution in [0.5, 0.6) is 11.5 Å². The van der Waals surface area contributed by atoms with Gasteiger partial charge in [0.25, 0.3) is 0 Å². The Morgan fingerprint density at radius 1 is 0.868 bits per heavy atom. The minimum atomic E-state index is -0.647. The van der Waals surface area contributed by atoms with Crippen LogP contribution in [0.4, 0.5) is 0 Å². The van der Waals surface area contributed by atoms with Gasteiger partial charge >= 0.3 is 0 Å². The van der Waals surface area contributed by atoms with E-state index in [2.05, 4.69) is 5.32 Å². The molecule has 0 spiro atoms. The van der Waals surface area contributed by atoms with Crippen molar-refractivity contribution >= 4 is 23.6 Å². The Hall–Kier alpha value is -3.45. The Morgan fingerprint density at radius 2 is 1.55 bits per heavy atom. The zero-order chi connectivity index (χ0) is 27.3. The van der Waals surface area contributed by atoms with Crippen LogP contribution in [0.2, 0.25) is 0 Å². The molecule has 3 rings (SSSR count). The third-order valence-electron chi connectivity index (χ3n) is 6.41. The van der Waals surface area contributed by atoms with E-state index in [-0.39, 0.29) is 23.6 Å². The molecule has 3 aromatic rings. The number of carbonyl (C=O) groups excluding carboxylic acids is 2. The number of carbonyl (C=O) groups is 2. The first-order chi connectivity index (χ1) is 18.4. The molecule has 2 amide bonds. The van der Waals surface area contributed by atoms with Crippen molar-refractivity contribution in [1.82, 2.24) is 10.2 Å². The van der Waals surface area contributed by atoms with E-state index in [1.807, 2.05) is 92.7 Å². The van der Waals surface area contributed by atoms with Crippen LogP contribution < -0.4 is 14.8 Å². The SMILES string of the molecule is CC[C@@H](C)NC(=O)[C@H](Cc1ccccc1)N(Cc1cccc(OC)c1)C(=O)CSCc1ccc(OC)cc1. The van der Waals surface area contributed by atoms with Gasteiger partial charge in [0.1, 0.15) is 17.5 Å². The summed E-state index contributed by atoms with van der Waals surface area (Å²) in [7, 11) is 3.26. The lowest BCUT2D eigenvalue weighted by Crippen LogP contribution is -2.52. The van der Waals surface area contributed by atoms with Crippen molar-refractivity contribution in [1.29, 1.82) is 0 Å². The first kappa shape index (κ1) is 29.1. The number of methoxy groups -OCH3 is 2. The van der Waals surface area contributed by atoms with Gasteiger partial charge in [-0.05, 0) is 54.3 Å². The summed E-state index contributed by atoms with van der Waals surface area (Å²) in [5.41, 5.74) is 3.02. The maximum absolute atomic E-state index is 13.8. The van der Waals surface area contributed by atoms with Crippen molar-refractivity contribution in [3.05, 3.63) is 95.6 Å². The molecule has 0 unspecified atom stereocenters. The Kier molecular flexibility index (Phi) is 11.6. The van der Waals surface area contributed by atoms with Crippen molar-refractivity contribution in [3.63, 3.8) is 0 Å². The Labute approximate surface area is 230 Å². The lowest BCUT2D eigenvalue weighted by Gasteiger charge is -2.32. The molecular weight excluding hydrogens is 496 g/mol. The van der Waals surface area contributed by atoms with Crippen molar-refractivity contribution in [2.45, 2.75) is 51.1 Å². The number of ether oxygens (including phenoxy) is 2. The lowest BCUT2D eigenvalue weighted by molar-refractivity contribution is -0.139. The van der Waals surface area contributed by atoms with Gasteiger partial charge in [-0.1, -0.05) is 61.5 Å². The van der Waals surface area contributed by atoms with Crippen molar-refractivity contribution in [2.24, 2.45) is 0 Å². The smallest absolute Gasteiger partial charge is 0.243 e. The Bertz CT molecular complexity index is 1150. The normalized spacial score (nSPS) is 12.3. The average molecular weight is 535 g/mol. The third-order valence-corrected chi connectivity index (χ3v) is 7.40. The van der Waals surface area contributed by atoms with Crippen molar-refractivity contribution < 1.29 is 19.1 Å². The minimum absolute atomic E-state index is 0.0130. The molecule has 0 saturated heterocycles. The summed E-state index contributed by atoms with van der Waals surface area (Å²) in [6, 6.07) is 24.7. The minimum Gasteiger partial charge on any atom is -0.497 e. The number of benzene rings is 3. The lowest BCUT2D eigenvalue weighted by atomic mass is 10.0. The van der Waals surface area contributed by atoms with E-state index >= 15 is 0 Å². The number of hydrogen-bond donors (Lipinski definition) is 1. The second kappa shape index (κ2) is 15.1. The molecular formula is C31H38N2O4S. The van der Waals surface area contributed by atoms with E-state index in [9.17, 15) is 9.59 Å². The van der Waals surface area contributed by atoms with Crippen LogP contribution in [-0.4, -0.2) is 48.8 Å². The summed E-state index contributed by atoms with van der Waals surface area (Å²) >= 11 is 1.54. The van der Waals surface area contributed by atoms with E-state index in [4.69, 9.17) is 9.47 Å². The molecule has 3 aromatic carbocycles. The summed E-state index contributed by atoms with van der Waals surface area (Å²) in [5, 5.41) is 3.11. The summed E-state index contributed by atoms with van der Waals surface area (Å²) in [4.78, 5) is 29.1. The van der Waals surface area contributed by atoms with Crippen LogP contribution in [0.25, 0.3) is 0 Å². The van der Waals surface area contributed by atoms with Gasteiger partial charge in [0.15, 0.2) is 0 Å². The molecule has 0 radical (unpaired) electrons. The van der Waals surface area contributed by atoms with E-state index in [0.29, 0.717) is 24.5 Å². The Balaban J connectivity index is 1.85. The monoisotopic (exact) mass is 534 g/mol. The van der Waals surface area contributed by atoms with Crippen molar-refractivity contribution in [3.8, 4) is 11.5 Å². The molecule has 0 aliphatic heterocycles. The van der Waals surface area contributed by atoms with Crippen LogP contribution in [-0.2, 0) is 28.3 Å². The number of amides is 2. The standard InChI is InChI=1S/C31H38N2O4S/c1-5-23(2)32-31(35)29(19-24-10-7-6-8-11-24)33(20-26-12-9-13-28(18-26)37-4)30(34)22-38-21-25-14-16-27(36-3)17-15-25/h6-18,23,29H,5,19-22H2,1-4H3,(H,32,35)/t23-,29+/m1/s1. The number of rotatable bonds is 14. The van der Waals surface area contributed by atoms with Crippen LogP contribution >= 0.6 is 11.8 Å².